The molecule has 52 valence electrons. The van der Waals surface area contributed by atoms with Crippen LogP contribution < -0.4 is 0 Å². The van der Waals surface area contributed by atoms with E-state index >= 15 is 0 Å². The van der Waals surface area contributed by atoms with E-state index in [-0.39, 0.29) is 6.61 Å². The zero-order valence-electron chi connectivity index (χ0n) is 5.59. The number of hydrogen-bond donors (Lipinski definition) is 0. The van der Waals surface area contributed by atoms with E-state index in [0.717, 1.165) is 6.08 Å². The predicted octanol–water partition coefficient (Wildman–Crippen LogP) is 1.21. The first-order valence-corrected chi connectivity index (χ1v) is 2.69. The molecule has 0 amide bonds. The highest BCUT2D eigenvalue weighted by atomic mass is 16.5. The SMILES string of the molecule is C=C=C=CCOC(=O)C=C. The molecule has 0 unspecified atom stereocenters. The van der Waals surface area contributed by atoms with Crippen LogP contribution in [-0.4, -0.2) is 12.6 Å². The van der Waals surface area contributed by atoms with Gasteiger partial charge in [-0.2, -0.15) is 0 Å². The van der Waals surface area contributed by atoms with Crippen molar-refractivity contribution in [2.24, 2.45) is 0 Å². The van der Waals surface area contributed by atoms with Crippen molar-refractivity contribution < 1.29 is 9.53 Å². The van der Waals surface area contributed by atoms with Crippen LogP contribution in [0.2, 0.25) is 0 Å². The lowest BCUT2D eigenvalue weighted by atomic mass is 10.6. The van der Waals surface area contributed by atoms with Crippen molar-refractivity contribution in [3.05, 3.63) is 36.8 Å². The summed E-state index contributed by atoms with van der Waals surface area (Å²) in [6.07, 6.45) is 2.61. The lowest BCUT2D eigenvalue weighted by Crippen LogP contribution is -1.98. The third-order valence-corrected chi connectivity index (χ3v) is 0.680. The van der Waals surface area contributed by atoms with Gasteiger partial charge in [0.05, 0.1) is 0 Å². The van der Waals surface area contributed by atoms with Crippen LogP contribution in [0.1, 0.15) is 0 Å². The van der Waals surface area contributed by atoms with Crippen molar-refractivity contribution >= 4 is 5.97 Å². The van der Waals surface area contributed by atoms with Crippen molar-refractivity contribution in [1.82, 2.24) is 0 Å². The average Bonchev–Trinajstić information content (AvgIpc) is 1.98. The Hall–Kier alpha value is -1.49. The molecule has 0 radical (unpaired) electrons. The molecular weight excluding hydrogens is 128 g/mol. The van der Waals surface area contributed by atoms with Gasteiger partial charge in [-0.1, -0.05) is 18.0 Å². The fourth-order valence-electron chi connectivity index (χ4n) is 0.297. The van der Waals surface area contributed by atoms with Crippen LogP contribution >= 0.6 is 0 Å². The number of carbonyl (C=O) groups is 1. The van der Waals surface area contributed by atoms with E-state index < -0.39 is 5.97 Å². The lowest BCUT2D eigenvalue weighted by molar-refractivity contribution is -0.136. The van der Waals surface area contributed by atoms with E-state index in [1.54, 1.807) is 0 Å². The Morgan fingerprint density at radius 2 is 2.40 bits per heavy atom. The Bertz CT molecular complexity index is 201. The molecule has 0 spiro atoms. The van der Waals surface area contributed by atoms with Crippen LogP contribution in [0.5, 0.6) is 0 Å². The molecule has 0 fully saturated rings. The summed E-state index contributed by atoms with van der Waals surface area (Å²) < 4.78 is 4.55. The molecule has 0 heterocycles. The highest BCUT2D eigenvalue weighted by Crippen LogP contribution is 1.78. The number of hydrogen-bond acceptors (Lipinski definition) is 2. The predicted molar refractivity (Wildman–Crippen MR) is 38.4 cm³/mol. The topological polar surface area (TPSA) is 26.3 Å². The van der Waals surface area contributed by atoms with Crippen molar-refractivity contribution in [2.75, 3.05) is 6.61 Å². The molecule has 0 aromatic heterocycles. The van der Waals surface area contributed by atoms with Crippen molar-refractivity contribution in [3.8, 4) is 0 Å². The smallest absolute Gasteiger partial charge is 0.330 e. The third kappa shape index (κ3) is 4.66. The van der Waals surface area contributed by atoms with Gasteiger partial charge in [-0.15, -0.1) is 0 Å². The molecule has 0 saturated carbocycles. The molecule has 0 saturated heterocycles. The fraction of sp³-hybridized carbons (Fsp3) is 0.125. The summed E-state index contributed by atoms with van der Waals surface area (Å²) >= 11 is 0. The van der Waals surface area contributed by atoms with E-state index in [1.165, 1.54) is 6.08 Å². The van der Waals surface area contributed by atoms with Gasteiger partial charge in [0.15, 0.2) is 0 Å². The van der Waals surface area contributed by atoms with Gasteiger partial charge in [-0.05, 0) is 6.58 Å². The first kappa shape index (κ1) is 8.51. The van der Waals surface area contributed by atoms with Gasteiger partial charge < -0.3 is 4.74 Å². The van der Waals surface area contributed by atoms with Gasteiger partial charge >= 0.3 is 5.97 Å². The number of rotatable bonds is 3. The Balaban J connectivity index is 3.56. The molecule has 0 aromatic carbocycles. The molecule has 0 aromatic rings. The number of esters is 1. The maximum Gasteiger partial charge on any atom is 0.330 e. The molecule has 0 aliphatic rings. The average molecular weight is 136 g/mol. The molecular formula is C8H8O2. The van der Waals surface area contributed by atoms with Gasteiger partial charge in [0, 0.05) is 12.2 Å². The third-order valence-electron chi connectivity index (χ3n) is 0.680. The zero-order chi connectivity index (χ0) is 7.82. The molecule has 0 aliphatic heterocycles. The van der Waals surface area contributed by atoms with E-state index in [2.05, 4.69) is 29.4 Å². The quantitative estimate of drug-likeness (QED) is 0.331. The van der Waals surface area contributed by atoms with Crippen LogP contribution in [0.3, 0.4) is 0 Å². The molecule has 2 heteroatoms. The van der Waals surface area contributed by atoms with Gasteiger partial charge in [0.2, 0.25) is 0 Å². The molecule has 0 aliphatic carbocycles. The van der Waals surface area contributed by atoms with Crippen LogP contribution in [0.25, 0.3) is 0 Å². The molecule has 0 N–H and O–H groups in total. The van der Waals surface area contributed by atoms with Crippen molar-refractivity contribution in [2.45, 2.75) is 0 Å². The second kappa shape index (κ2) is 5.64. The first-order chi connectivity index (χ1) is 4.81. The number of ether oxygens (including phenoxy) is 1. The number of carbonyl (C=O) groups excluding carboxylic acids is 1. The molecule has 0 rings (SSSR count). The van der Waals surface area contributed by atoms with Gasteiger partial charge in [0.1, 0.15) is 6.61 Å². The lowest BCUT2D eigenvalue weighted by Gasteiger charge is -1.91. The summed E-state index contributed by atoms with van der Waals surface area (Å²) in [4.78, 5) is 10.4. The summed E-state index contributed by atoms with van der Waals surface area (Å²) in [5.74, 6) is -0.442. The second-order valence-electron chi connectivity index (χ2n) is 1.36. The zero-order valence-corrected chi connectivity index (χ0v) is 5.59. The molecule has 0 atom stereocenters. The summed E-state index contributed by atoms with van der Waals surface area (Å²) in [5, 5.41) is 0. The van der Waals surface area contributed by atoms with Gasteiger partial charge in [0.25, 0.3) is 0 Å². The monoisotopic (exact) mass is 136 g/mol. The first-order valence-electron chi connectivity index (χ1n) is 2.69. The van der Waals surface area contributed by atoms with Crippen LogP contribution in [0.15, 0.2) is 36.8 Å². The standard InChI is InChI=1S/C8H8O2/c1-3-5-6-7-10-8(9)4-2/h4,6H,1-2,7H2. The van der Waals surface area contributed by atoms with E-state index in [1.807, 2.05) is 0 Å². The summed E-state index contributed by atoms with van der Waals surface area (Å²) in [6.45, 7) is 6.68. The van der Waals surface area contributed by atoms with E-state index in [4.69, 9.17) is 0 Å². The molecule has 10 heavy (non-hydrogen) atoms. The van der Waals surface area contributed by atoms with E-state index in [9.17, 15) is 4.79 Å². The second-order valence-corrected chi connectivity index (χ2v) is 1.36. The van der Waals surface area contributed by atoms with Gasteiger partial charge in [-0.3, -0.25) is 0 Å². The summed E-state index contributed by atoms with van der Waals surface area (Å²) in [7, 11) is 0. The molecule has 2 nitrogen and oxygen atoms in total. The highest BCUT2D eigenvalue weighted by molar-refractivity contribution is 5.81. The van der Waals surface area contributed by atoms with Crippen LogP contribution in [0.4, 0.5) is 0 Å². The Kier molecular flexibility index (Phi) is 4.80. The van der Waals surface area contributed by atoms with E-state index in [0.29, 0.717) is 0 Å². The fourth-order valence-corrected chi connectivity index (χ4v) is 0.297. The Labute approximate surface area is 59.8 Å². The Morgan fingerprint density at radius 1 is 1.70 bits per heavy atom. The Morgan fingerprint density at radius 3 is 2.90 bits per heavy atom. The maximum atomic E-state index is 10.4. The normalized spacial score (nSPS) is 6.80. The van der Waals surface area contributed by atoms with Crippen LogP contribution in [-0.2, 0) is 9.53 Å². The minimum absolute atomic E-state index is 0.188. The largest absolute Gasteiger partial charge is 0.458 e. The summed E-state index contributed by atoms with van der Waals surface area (Å²) in [5.41, 5.74) is 4.92. The van der Waals surface area contributed by atoms with Crippen molar-refractivity contribution in [1.29, 1.82) is 0 Å². The molecule has 0 bridgehead atoms. The van der Waals surface area contributed by atoms with Crippen molar-refractivity contribution in [3.63, 3.8) is 0 Å². The minimum atomic E-state index is -0.442. The highest BCUT2D eigenvalue weighted by Gasteiger charge is 1.88. The summed E-state index contributed by atoms with van der Waals surface area (Å²) in [6, 6.07) is 0. The minimum Gasteiger partial charge on any atom is -0.458 e. The maximum absolute atomic E-state index is 10.4. The van der Waals surface area contributed by atoms with Gasteiger partial charge in [-0.25, -0.2) is 4.79 Å². The van der Waals surface area contributed by atoms with Crippen LogP contribution in [0, 0.1) is 0 Å².